The molecule has 2 aromatic rings. The van der Waals surface area contributed by atoms with Crippen LogP contribution in [-0.2, 0) is 0 Å². The van der Waals surface area contributed by atoms with Gasteiger partial charge in [-0.15, -0.1) is 0 Å². The van der Waals surface area contributed by atoms with Crippen molar-refractivity contribution in [2.45, 2.75) is 0 Å². The molecular weight excluding hydrogens is 210 g/mol. The molecular formula is C9H7N5O2. The molecule has 1 aromatic heterocycles. The number of benzene rings is 1. The first-order valence-corrected chi connectivity index (χ1v) is 4.37. The van der Waals surface area contributed by atoms with Gasteiger partial charge in [0.05, 0.1) is 10.5 Å². The molecule has 0 fully saturated rings. The minimum atomic E-state index is -0.491. The smallest absolute Gasteiger partial charge is 0.280 e. The highest BCUT2D eigenvalue weighted by Crippen LogP contribution is 2.26. The molecule has 2 N–H and O–H groups in total. The number of rotatable bonds is 2. The highest BCUT2D eigenvalue weighted by Gasteiger charge is 2.16. The first kappa shape index (κ1) is 9.97. The molecule has 0 aliphatic rings. The lowest BCUT2D eigenvalue weighted by Gasteiger charge is -2.00. The van der Waals surface area contributed by atoms with E-state index in [-0.39, 0.29) is 17.5 Å². The summed E-state index contributed by atoms with van der Waals surface area (Å²) in [5.74, 6) is 0.225. The molecule has 0 aliphatic heterocycles. The van der Waals surface area contributed by atoms with Gasteiger partial charge in [-0.2, -0.15) is 4.98 Å². The van der Waals surface area contributed by atoms with E-state index in [1.807, 2.05) is 0 Å². The monoisotopic (exact) mass is 217 g/mol. The third kappa shape index (κ3) is 1.78. The molecule has 80 valence electrons. The number of hydrogen-bond donors (Lipinski definition) is 1. The first-order chi connectivity index (χ1) is 7.68. The standard InChI is InChI=1S/C9H7N5O2/c10-9-12-5-11-8(13-9)6-3-1-2-4-7(6)14(15)16/h1-5H,(H2,10,11,12,13). The van der Waals surface area contributed by atoms with E-state index in [2.05, 4.69) is 15.0 Å². The predicted octanol–water partition coefficient (Wildman–Crippen LogP) is 1.03. The summed E-state index contributed by atoms with van der Waals surface area (Å²) in [5, 5.41) is 10.8. The van der Waals surface area contributed by atoms with Crippen LogP contribution in [-0.4, -0.2) is 19.9 Å². The first-order valence-electron chi connectivity index (χ1n) is 4.37. The van der Waals surface area contributed by atoms with Crippen LogP contribution in [0, 0.1) is 10.1 Å². The van der Waals surface area contributed by atoms with Crippen LogP contribution in [0.2, 0.25) is 0 Å². The van der Waals surface area contributed by atoms with Gasteiger partial charge < -0.3 is 5.73 Å². The van der Waals surface area contributed by atoms with Gasteiger partial charge in [0.2, 0.25) is 5.95 Å². The zero-order valence-electron chi connectivity index (χ0n) is 8.07. The van der Waals surface area contributed by atoms with E-state index < -0.39 is 4.92 Å². The molecule has 16 heavy (non-hydrogen) atoms. The van der Waals surface area contributed by atoms with Gasteiger partial charge >= 0.3 is 0 Å². The molecule has 0 unspecified atom stereocenters. The summed E-state index contributed by atoms with van der Waals surface area (Å²) in [5.41, 5.74) is 5.65. The highest BCUT2D eigenvalue weighted by atomic mass is 16.6. The Labute approximate surface area is 90.1 Å². The van der Waals surface area contributed by atoms with Gasteiger partial charge in [0.1, 0.15) is 6.33 Å². The molecule has 0 amide bonds. The van der Waals surface area contributed by atoms with Crippen molar-refractivity contribution >= 4 is 11.6 Å². The van der Waals surface area contributed by atoms with Crippen molar-refractivity contribution in [3.63, 3.8) is 0 Å². The van der Waals surface area contributed by atoms with E-state index in [9.17, 15) is 10.1 Å². The maximum absolute atomic E-state index is 10.8. The van der Waals surface area contributed by atoms with Crippen molar-refractivity contribution in [3.05, 3.63) is 40.7 Å². The van der Waals surface area contributed by atoms with Crippen LogP contribution >= 0.6 is 0 Å². The van der Waals surface area contributed by atoms with Crippen molar-refractivity contribution < 1.29 is 4.92 Å². The van der Waals surface area contributed by atoms with Crippen molar-refractivity contribution in [1.29, 1.82) is 0 Å². The zero-order chi connectivity index (χ0) is 11.5. The molecule has 0 spiro atoms. The number of para-hydroxylation sites is 1. The van der Waals surface area contributed by atoms with Crippen LogP contribution in [0.25, 0.3) is 11.4 Å². The van der Waals surface area contributed by atoms with E-state index in [1.54, 1.807) is 18.2 Å². The second-order valence-corrected chi connectivity index (χ2v) is 2.94. The Morgan fingerprint density at radius 1 is 1.25 bits per heavy atom. The molecule has 1 aromatic carbocycles. The summed E-state index contributed by atoms with van der Waals surface area (Å²) in [4.78, 5) is 21.6. The maximum Gasteiger partial charge on any atom is 0.280 e. The minimum Gasteiger partial charge on any atom is -0.368 e. The van der Waals surface area contributed by atoms with Gasteiger partial charge in [0, 0.05) is 6.07 Å². The second-order valence-electron chi connectivity index (χ2n) is 2.94. The summed E-state index contributed by atoms with van der Waals surface area (Å²) in [6.07, 6.45) is 1.22. The lowest BCUT2D eigenvalue weighted by Crippen LogP contribution is -2.00. The van der Waals surface area contributed by atoms with Crippen molar-refractivity contribution in [2.24, 2.45) is 0 Å². The van der Waals surface area contributed by atoms with E-state index in [4.69, 9.17) is 5.73 Å². The molecule has 1 heterocycles. The Morgan fingerprint density at radius 2 is 2.00 bits per heavy atom. The summed E-state index contributed by atoms with van der Waals surface area (Å²) in [7, 11) is 0. The molecule has 2 rings (SSSR count). The van der Waals surface area contributed by atoms with E-state index >= 15 is 0 Å². The maximum atomic E-state index is 10.8. The Morgan fingerprint density at radius 3 is 2.69 bits per heavy atom. The normalized spacial score (nSPS) is 10.0. The largest absolute Gasteiger partial charge is 0.368 e. The van der Waals surface area contributed by atoms with Crippen LogP contribution in [0.15, 0.2) is 30.6 Å². The van der Waals surface area contributed by atoms with Gasteiger partial charge in [-0.05, 0) is 6.07 Å². The van der Waals surface area contributed by atoms with Gasteiger partial charge in [0.25, 0.3) is 5.69 Å². The lowest BCUT2D eigenvalue weighted by atomic mass is 10.1. The molecule has 0 bridgehead atoms. The van der Waals surface area contributed by atoms with Gasteiger partial charge in [-0.3, -0.25) is 10.1 Å². The summed E-state index contributed by atoms with van der Waals surface area (Å²) >= 11 is 0. The van der Waals surface area contributed by atoms with E-state index in [1.165, 1.54) is 12.4 Å². The fourth-order valence-corrected chi connectivity index (χ4v) is 1.26. The highest BCUT2D eigenvalue weighted by molar-refractivity contribution is 5.67. The Kier molecular flexibility index (Phi) is 2.42. The van der Waals surface area contributed by atoms with Gasteiger partial charge in [-0.1, -0.05) is 12.1 Å². The summed E-state index contributed by atoms with van der Waals surface area (Å²) in [6.45, 7) is 0. The van der Waals surface area contributed by atoms with Crippen LogP contribution in [0.4, 0.5) is 11.6 Å². The van der Waals surface area contributed by atoms with Crippen LogP contribution in [0.1, 0.15) is 0 Å². The van der Waals surface area contributed by atoms with Gasteiger partial charge in [0.15, 0.2) is 5.82 Å². The molecule has 0 saturated carbocycles. The zero-order valence-corrected chi connectivity index (χ0v) is 8.07. The van der Waals surface area contributed by atoms with Crippen molar-refractivity contribution in [1.82, 2.24) is 15.0 Å². The lowest BCUT2D eigenvalue weighted by molar-refractivity contribution is -0.384. The molecule has 0 atom stereocenters. The van der Waals surface area contributed by atoms with E-state index in [0.29, 0.717) is 5.56 Å². The fourth-order valence-electron chi connectivity index (χ4n) is 1.26. The number of anilines is 1. The fraction of sp³-hybridized carbons (Fsp3) is 0. The third-order valence-corrected chi connectivity index (χ3v) is 1.93. The molecule has 7 heteroatoms. The topological polar surface area (TPSA) is 108 Å². The SMILES string of the molecule is Nc1ncnc(-c2ccccc2[N+](=O)[O-])n1. The Balaban J connectivity index is 2.60. The van der Waals surface area contributed by atoms with E-state index in [0.717, 1.165) is 0 Å². The Bertz CT molecular complexity index is 543. The quantitative estimate of drug-likeness (QED) is 0.594. The number of hydrogen-bond acceptors (Lipinski definition) is 6. The van der Waals surface area contributed by atoms with Crippen molar-refractivity contribution in [2.75, 3.05) is 5.73 Å². The molecule has 0 aliphatic carbocycles. The number of nitrogen functional groups attached to an aromatic ring is 1. The number of nitro benzene ring substituents is 1. The summed E-state index contributed by atoms with van der Waals surface area (Å²) in [6, 6.07) is 6.19. The van der Waals surface area contributed by atoms with Crippen LogP contribution in [0.5, 0.6) is 0 Å². The van der Waals surface area contributed by atoms with Gasteiger partial charge in [-0.25, -0.2) is 9.97 Å². The predicted molar refractivity (Wildman–Crippen MR) is 56.3 cm³/mol. The molecule has 0 saturated heterocycles. The molecule has 0 radical (unpaired) electrons. The Hall–Kier alpha value is -2.57. The number of aromatic nitrogens is 3. The third-order valence-electron chi connectivity index (χ3n) is 1.93. The minimum absolute atomic E-state index is 0.0307. The average molecular weight is 217 g/mol. The number of nitro groups is 1. The van der Waals surface area contributed by atoms with Crippen LogP contribution in [0.3, 0.4) is 0 Å². The number of nitrogens with two attached hydrogens (primary N) is 1. The van der Waals surface area contributed by atoms with Crippen LogP contribution < -0.4 is 5.73 Å². The second kappa shape index (κ2) is 3.89. The number of nitrogens with zero attached hydrogens (tertiary/aromatic N) is 4. The van der Waals surface area contributed by atoms with Crippen molar-refractivity contribution in [3.8, 4) is 11.4 Å². The summed E-state index contributed by atoms with van der Waals surface area (Å²) < 4.78 is 0. The molecule has 7 nitrogen and oxygen atoms in total. The average Bonchev–Trinajstić information content (AvgIpc) is 2.29.